The fourth-order valence-corrected chi connectivity index (χ4v) is 4.26. The lowest BCUT2D eigenvalue weighted by Crippen LogP contribution is -2.29. The Morgan fingerprint density at radius 1 is 1.14 bits per heavy atom. The highest BCUT2D eigenvalue weighted by Gasteiger charge is 2.31. The summed E-state index contributed by atoms with van der Waals surface area (Å²) in [6, 6.07) is 15.8. The number of thiocarbonyl (C=S) groups is 1. The third-order valence-electron chi connectivity index (χ3n) is 4.68. The van der Waals surface area contributed by atoms with E-state index in [-0.39, 0.29) is 11.8 Å². The average Bonchev–Trinajstić information content (AvgIpc) is 2.97. The number of hydrogen-bond acceptors (Lipinski definition) is 4. The van der Waals surface area contributed by atoms with Crippen LogP contribution in [0.2, 0.25) is 0 Å². The van der Waals surface area contributed by atoms with E-state index in [2.05, 4.69) is 24.4 Å². The van der Waals surface area contributed by atoms with E-state index >= 15 is 0 Å². The number of carbonyl (C=O) groups excluding carboxylic acids is 2. The van der Waals surface area contributed by atoms with E-state index in [4.69, 9.17) is 12.2 Å². The molecule has 1 fully saturated rings. The van der Waals surface area contributed by atoms with Crippen molar-refractivity contribution in [2.45, 2.75) is 33.1 Å². The summed E-state index contributed by atoms with van der Waals surface area (Å²) in [6.45, 7) is 4.56. The maximum Gasteiger partial charge on any atom is 0.266 e. The van der Waals surface area contributed by atoms with Gasteiger partial charge in [-0.3, -0.25) is 14.5 Å². The average molecular weight is 425 g/mol. The second-order valence-electron chi connectivity index (χ2n) is 6.95. The zero-order valence-electron chi connectivity index (χ0n) is 16.6. The first-order chi connectivity index (χ1) is 14.0. The summed E-state index contributed by atoms with van der Waals surface area (Å²) >= 11 is 6.69. The van der Waals surface area contributed by atoms with Gasteiger partial charge < -0.3 is 5.32 Å². The zero-order chi connectivity index (χ0) is 20.8. The Kier molecular flexibility index (Phi) is 7.23. The van der Waals surface area contributed by atoms with Crippen LogP contribution in [0.25, 0.3) is 6.08 Å². The molecule has 1 aliphatic rings. The molecule has 0 aliphatic carbocycles. The molecule has 2 aromatic rings. The Bertz CT molecular complexity index is 934. The second-order valence-corrected chi connectivity index (χ2v) is 8.62. The molecule has 4 nitrogen and oxygen atoms in total. The van der Waals surface area contributed by atoms with Crippen molar-refractivity contribution in [3.8, 4) is 0 Å². The van der Waals surface area contributed by atoms with Crippen LogP contribution in [0.3, 0.4) is 0 Å². The first kappa shape index (κ1) is 21.3. The van der Waals surface area contributed by atoms with Crippen LogP contribution in [-0.2, 0) is 16.0 Å². The summed E-state index contributed by atoms with van der Waals surface area (Å²) in [4.78, 5) is 27.0. The maximum absolute atomic E-state index is 12.7. The summed E-state index contributed by atoms with van der Waals surface area (Å²) in [5.74, 6) is -0.149. The van der Waals surface area contributed by atoms with Crippen molar-refractivity contribution in [2.75, 3.05) is 11.9 Å². The Labute approximate surface area is 181 Å². The van der Waals surface area contributed by atoms with Crippen LogP contribution in [0, 0.1) is 6.92 Å². The van der Waals surface area contributed by atoms with Gasteiger partial charge >= 0.3 is 0 Å². The van der Waals surface area contributed by atoms with E-state index in [1.54, 1.807) is 4.90 Å². The Hall–Kier alpha value is -2.44. The van der Waals surface area contributed by atoms with Crippen LogP contribution in [0.5, 0.6) is 0 Å². The topological polar surface area (TPSA) is 49.4 Å². The minimum absolute atomic E-state index is 0.0640. The van der Waals surface area contributed by atoms with Gasteiger partial charge in [-0.15, -0.1) is 0 Å². The lowest BCUT2D eigenvalue weighted by Gasteiger charge is -2.14. The van der Waals surface area contributed by atoms with Gasteiger partial charge in [0.15, 0.2) is 0 Å². The fraction of sp³-hybridized carbons (Fsp3) is 0.261. The molecule has 0 bridgehead atoms. The summed E-state index contributed by atoms with van der Waals surface area (Å²) in [7, 11) is 0. The van der Waals surface area contributed by atoms with Gasteiger partial charge in [0.2, 0.25) is 5.91 Å². The third-order valence-corrected chi connectivity index (χ3v) is 6.06. The fourth-order valence-electron chi connectivity index (χ4n) is 2.95. The molecule has 0 unspecified atom stereocenters. The monoisotopic (exact) mass is 424 g/mol. The van der Waals surface area contributed by atoms with E-state index in [9.17, 15) is 9.59 Å². The molecular formula is C23H24N2O2S2. The van der Waals surface area contributed by atoms with Gasteiger partial charge in [0.25, 0.3) is 5.91 Å². The van der Waals surface area contributed by atoms with Crippen molar-refractivity contribution in [1.29, 1.82) is 0 Å². The molecule has 2 aromatic carbocycles. The van der Waals surface area contributed by atoms with Gasteiger partial charge in [-0.25, -0.2) is 0 Å². The molecule has 0 saturated carbocycles. The predicted octanol–water partition coefficient (Wildman–Crippen LogP) is 5.18. The minimum Gasteiger partial charge on any atom is -0.326 e. The maximum atomic E-state index is 12.7. The third kappa shape index (κ3) is 5.78. The number of amides is 2. The number of nitrogens with zero attached hydrogens (tertiary/aromatic N) is 1. The van der Waals surface area contributed by atoms with Crippen LogP contribution >= 0.6 is 24.0 Å². The molecule has 0 aromatic heterocycles. The van der Waals surface area contributed by atoms with E-state index < -0.39 is 0 Å². The molecule has 0 atom stereocenters. The number of rotatable bonds is 7. The molecule has 6 heteroatoms. The number of benzene rings is 2. The number of aryl methyl sites for hydroxylation is 2. The molecule has 1 saturated heterocycles. The first-order valence-electron chi connectivity index (χ1n) is 9.67. The second kappa shape index (κ2) is 9.85. The van der Waals surface area contributed by atoms with Crippen LogP contribution in [-0.4, -0.2) is 27.6 Å². The Morgan fingerprint density at radius 2 is 1.83 bits per heavy atom. The lowest BCUT2D eigenvalue weighted by atomic mass is 10.1. The molecule has 1 heterocycles. The van der Waals surface area contributed by atoms with Gasteiger partial charge in [0.05, 0.1) is 4.91 Å². The van der Waals surface area contributed by atoms with Crippen molar-refractivity contribution in [1.82, 2.24) is 4.90 Å². The van der Waals surface area contributed by atoms with Gasteiger partial charge in [0.1, 0.15) is 4.32 Å². The van der Waals surface area contributed by atoms with Gasteiger partial charge in [-0.05, 0) is 49.1 Å². The number of nitrogens with one attached hydrogen (secondary N) is 1. The van der Waals surface area contributed by atoms with Gasteiger partial charge in [-0.1, -0.05) is 72.9 Å². The highest BCUT2D eigenvalue weighted by atomic mass is 32.2. The normalized spacial score (nSPS) is 15.2. The molecule has 0 radical (unpaired) electrons. The first-order valence-corrected chi connectivity index (χ1v) is 10.9. The van der Waals surface area contributed by atoms with Crippen LogP contribution < -0.4 is 5.32 Å². The van der Waals surface area contributed by atoms with E-state index in [0.29, 0.717) is 28.6 Å². The molecule has 150 valence electrons. The van der Waals surface area contributed by atoms with Crippen molar-refractivity contribution in [2.24, 2.45) is 0 Å². The van der Waals surface area contributed by atoms with E-state index in [0.717, 1.165) is 23.2 Å². The molecule has 29 heavy (non-hydrogen) atoms. The van der Waals surface area contributed by atoms with Crippen molar-refractivity contribution in [3.05, 3.63) is 70.1 Å². The van der Waals surface area contributed by atoms with Crippen LogP contribution in [0.15, 0.2) is 53.4 Å². The Balaban J connectivity index is 1.52. The van der Waals surface area contributed by atoms with Gasteiger partial charge in [-0.2, -0.15) is 0 Å². The van der Waals surface area contributed by atoms with E-state index in [1.807, 2.05) is 49.4 Å². The number of thioether (sulfide) groups is 1. The van der Waals surface area contributed by atoms with E-state index in [1.165, 1.54) is 17.3 Å². The Morgan fingerprint density at radius 3 is 2.48 bits per heavy atom. The summed E-state index contributed by atoms with van der Waals surface area (Å²) in [5, 5.41) is 2.88. The van der Waals surface area contributed by atoms with Crippen LogP contribution in [0.4, 0.5) is 5.69 Å². The predicted molar refractivity (Wildman–Crippen MR) is 125 cm³/mol. The highest BCUT2D eigenvalue weighted by molar-refractivity contribution is 8.26. The quantitative estimate of drug-likeness (QED) is 0.492. The number of anilines is 1. The molecule has 1 aliphatic heterocycles. The summed E-state index contributed by atoms with van der Waals surface area (Å²) in [5.41, 5.74) is 4.17. The standard InChI is InChI=1S/C23H24N2O2S2/c1-3-17-8-10-18(11-9-17)15-20-22(27)25(23(28)29-20)14-4-5-21(26)24-19-12-6-16(2)7-13-19/h6-13,15H,3-5,14H2,1-2H3,(H,24,26). The van der Waals surface area contributed by atoms with Crippen molar-refractivity contribution < 1.29 is 9.59 Å². The number of carbonyl (C=O) groups is 2. The minimum atomic E-state index is -0.0847. The largest absolute Gasteiger partial charge is 0.326 e. The highest BCUT2D eigenvalue weighted by Crippen LogP contribution is 2.32. The molecular weight excluding hydrogens is 400 g/mol. The molecule has 1 N–H and O–H groups in total. The smallest absolute Gasteiger partial charge is 0.266 e. The lowest BCUT2D eigenvalue weighted by molar-refractivity contribution is -0.122. The molecule has 0 spiro atoms. The molecule has 3 rings (SSSR count). The van der Waals surface area contributed by atoms with Crippen molar-refractivity contribution in [3.63, 3.8) is 0 Å². The summed E-state index contributed by atoms with van der Waals surface area (Å²) < 4.78 is 0.547. The van der Waals surface area contributed by atoms with Gasteiger partial charge in [0, 0.05) is 18.7 Å². The SMILES string of the molecule is CCc1ccc(C=C2SC(=S)N(CCCC(=O)Nc3ccc(C)cc3)C2=O)cc1. The zero-order valence-corrected chi connectivity index (χ0v) is 18.2. The van der Waals surface area contributed by atoms with Crippen molar-refractivity contribution >= 4 is 51.9 Å². The number of hydrogen-bond donors (Lipinski definition) is 1. The molecule has 2 amide bonds. The van der Waals surface area contributed by atoms with Crippen LogP contribution in [0.1, 0.15) is 36.5 Å². The summed E-state index contributed by atoms with van der Waals surface area (Å²) in [6.07, 6.45) is 3.76.